The number of aryl methyl sites for hydroxylation is 1. The Bertz CT molecular complexity index is 450. The Hall–Kier alpha value is -0.830. The summed E-state index contributed by atoms with van der Waals surface area (Å²) in [5, 5.41) is 3.18. The first-order valence-electron chi connectivity index (χ1n) is 7.17. The second-order valence-electron chi connectivity index (χ2n) is 5.54. The zero-order valence-corrected chi connectivity index (χ0v) is 13.3. The second kappa shape index (κ2) is 6.56. The van der Waals surface area contributed by atoms with E-state index in [-0.39, 0.29) is 5.91 Å². The van der Waals surface area contributed by atoms with E-state index in [0.717, 1.165) is 34.4 Å². The van der Waals surface area contributed by atoms with Gasteiger partial charge in [0.15, 0.2) is 0 Å². The minimum Gasteiger partial charge on any atom is -0.349 e. The number of halogens is 1. The summed E-state index contributed by atoms with van der Waals surface area (Å²) in [6.45, 7) is 4.26. The number of carbonyl (C=O) groups is 1. The number of rotatable bonds is 3. The molecule has 2 nitrogen and oxygen atoms in total. The molecule has 1 saturated carbocycles. The van der Waals surface area contributed by atoms with Crippen molar-refractivity contribution in [2.45, 2.75) is 52.0 Å². The molecule has 0 heterocycles. The van der Waals surface area contributed by atoms with Crippen LogP contribution in [0.3, 0.4) is 0 Å². The molecule has 0 atom stereocenters. The number of hydrogen-bond acceptors (Lipinski definition) is 1. The molecule has 0 radical (unpaired) electrons. The number of benzene rings is 1. The third-order valence-electron chi connectivity index (χ3n) is 4.20. The van der Waals surface area contributed by atoms with Gasteiger partial charge < -0.3 is 5.32 Å². The first-order chi connectivity index (χ1) is 9.11. The first-order valence-corrected chi connectivity index (χ1v) is 7.97. The highest BCUT2D eigenvalue weighted by Crippen LogP contribution is 2.27. The van der Waals surface area contributed by atoms with Gasteiger partial charge in [-0.25, -0.2) is 0 Å². The topological polar surface area (TPSA) is 29.1 Å². The molecule has 19 heavy (non-hydrogen) atoms. The van der Waals surface area contributed by atoms with E-state index < -0.39 is 0 Å². The van der Waals surface area contributed by atoms with Crippen molar-refractivity contribution < 1.29 is 4.79 Å². The lowest BCUT2D eigenvalue weighted by Gasteiger charge is -2.28. The van der Waals surface area contributed by atoms with Crippen LogP contribution >= 0.6 is 15.9 Å². The molecular weight excluding hydrogens is 302 g/mol. The highest BCUT2D eigenvalue weighted by atomic mass is 79.9. The Balaban J connectivity index is 1.96. The molecule has 0 spiro atoms. The predicted molar refractivity (Wildman–Crippen MR) is 82.4 cm³/mol. The summed E-state index contributed by atoms with van der Waals surface area (Å²) in [5.41, 5.74) is 1.85. The zero-order valence-electron chi connectivity index (χ0n) is 11.7. The van der Waals surface area contributed by atoms with Crippen LogP contribution in [0.1, 0.15) is 54.9 Å². The van der Waals surface area contributed by atoms with E-state index >= 15 is 0 Å². The highest BCUT2D eigenvalue weighted by Gasteiger charge is 2.22. The Morgan fingerprint density at radius 1 is 1.32 bits per heavy atom. The molecule has 0 aliphatic heterocycles. The van der Waals surface area contributed by atoms with Crippen molar-refractivity contribution in [1.29, 1.82) is 0 Å². The van der Waals surface area contributed by atoms with Crippen LogP contribution in [-0.2, 0) is 0 Å². The average molecular weight is 324 g/mol. The lowest BCUT2D eigenvalue weighted by Crippen LogP contribution is -2.37. The summed E-state index contributed by atoms with van der Waals surface area (Å²) >= 11 is 3.51. The van der Waals surface area contributed by atoms with Crippen molar-refractivity contribution in [2.24, 2.45) is 5.92 Å². The van der Waals surface area contributed by atoms with E-state index in [1.807, 2.05) is 25.1 Å². The lowest BCUT2D eigenvalue weighted by atomic mass is 9.84. The Morgan fingerprint density at radius 2 is 2.00 bits per heavy atom. The molecular formula is C16H22BrNO. The fourth-order valence-electron chi connectivity index (χ4n) is 2.80. The fourth-order valence-corrected chi connectivity index (χ4v) is 3.25. The van der Waals surface area contributed by atoms with E-state index in [1.54, 1.807) is 0 Å². The largest absolute Gasteiger partial charge is 0.349 e. The maximum absolute atomic E-state index is 12.3. The molecule has 1 aromatic carbocycles. The minimum absolute atomic E-state index is 0.0514. The molecule has 3 heteroatoms. The number of amides is 1. The molecule has 1 fully saturated rings. The van der Waals surface area contributed by atoms with Gasteiger partial charge in [-0.05, 0) is 66.1 Å². The molecule has 0 saturated heterocycles. The normalized spacial score (nSPS) is 23.1. The SMILES string of the molecule is CCC1CCC(NC(=O)c2cccc(C)c2Br)CC1. The molecule has 1 aromatic rings. The van der Waals surface area contributed by atoms with Crippen LogP contribution in [-0.4, -0.2) is 11.9 Å². The van der Waals surface area contributed by atoms with Crippen molar-refractivity contribution >= 4 is 21.8 Å². The number of nitrogens with one attached hydrogen (secondary N) is 1. The smallest absolute Gasteiger partial charge is 0.252 e. The van der Waals surface area contributed by atoms with Gasteiger partial charge in [0.05, 0.1) is 5.56 Å². The zero-order chi connectivity index (χ0) is 13.8. The van der Waals surface area contributed by atoms with Gasteiger partial charge in [0.2, 0.25) is 0 Å². The molecule has 1 amide bonds. The predicted octanol–water partition coefficient (Wildman–Crippen LogP) is 4.46. The van der Waals surface area contributed by atoms with E-state index in [2.05, 4.69) is 28.2 Å². The van der Waals surface area contributed by atoms with Gasteiger partial charge in [-0.2, -0.15) is 0 Å². The van der Waals surface area contributed by atoms with Gasteiger partial charge in [-0.15, -0.1) is 0 Å². The average Bonchev–Trinajstić information content (AvgIpc) is 2.42. The molecule has 0 bridgehead atoms. The van der Waals surface area contributed by atoms with Crippen LogP contribution in [0.4, 0.5) is 0 Å². The van der Waals surface area contributed by atoms with Crippen LogP contribution in [0.25, 0.3) is 0 Å². The van der Waals surface area contributed by atoms with Crippen LogP contribution in [0.15, 0.2) is 22.7 Å². The van der Waals surface area contributed by atoms with E-state index in [9.17, 15) is 4.79 Å². The molecule has 1 N–H and O–H groups in total. The second-order valence-corrected chi connectivity index (χ2v) is 6.33. The van der Waals surface area contributed by atoms with Crippen LogP contribution < -0.4 is 5.32 Å². The van der Waals surface area contributed by atoms with Gasteiger partial charge in [0.1, 0.15) is 0 Å². The molecule has 0 aromatic heterocycles. The first kappa shape index (κ1) is 14.6. The molecule has 1 aliphatic rings. The fraction of sp³-hybridized carbons (Fsp3) is 0.562. The maximum Gasteiger partial charge on any atom is 0.252 e. The van der Waals surface area contributed by atoms with Crippen molar-refractivity contribution in [3.05, 3.63) is 33.8 Å². The van der Waals surface area contributed by atoms with Crippen LogP contribution in [0, 0.1) is 12.8 Å². The van der Waals surface area contributed by atoms with Gasteiger partial charge in [0, 0.05) is 10.5 Å². The van der Waals surface area contributed by atoms with Crippen molar-refractivity contribution in [2.75, 3.05) is 0 Å². The highest BCUT2D eigenvalue weighted by molar-refractivity contribution is 9.10. The van der Waals surface area contributed by atoms with Crippen molar-refractivity contribution in [3.8, 4) is 0 Å². The number of carbonyl (C=O) groups excluding carboxylic acids is 1. The molecule has 1 aliphatic carbocycles. The third kappa shape index (κ3) is 3.59. The van der Waals surface area contributed by atoms with Crippen LogP contribution in [0.2, 0.25) is 0 Å². The van der Waals surface area contributed by atoms with Crippen molar-refractivity contribution in [3.63, 3.8) is 0 Å². The summed E-state index contributed by atoms with van der Waals surface area (Å²) in [7, 11) is 0. The standard InChI is InChI=1S/C16H22BrNO/c1-3-12-7-9-13(10-8-12)18-16(19)14-6-4-5-11(2)15(14)17/h4-6,12-13H,3,7-10H2,1-2H3,(H,18,19). The van der Waals surface area contributed by atoms with Gasteiger partial charge in [-0.1, -0.05) is 25.5 Å². The van der Waals surface area contributed by atoms with Gasteiger partial charge in [0.25, 0.3) is 5.91 Å². The summed E-state index contributed by atoms with van der Waals surface area (Å²) in [6.07, 6.45) is 6.00. The Morgan fingerprint density at radius 3 is 2.63 bits per heavy atom. The van der Waals surface area contributed by atoms with Crippen LogP contribution in [0.5, 0.6) is 0 Å². The molecule has 104 valence electrons. The maximum atomic E-state index is 12.3. The summed E-state index contributed by atoms with van der Waals surface area (Å²) < 4.78 is 0.912. The number of hydrogen-bond donors (Lipinski definition) is 1. The van der Waals surface area contributed by atoms with E-state index in [0.29, 0.717) is 6.04 Å². The summed E-state index contributed by atoms with van der Waals surface area (Å²) in [5.74, 6) is 0.911. The van der Waals surface area contributed by atoms with Crippen molar-refractivity contribution in [1.82, 2.24) is 5.32 Å². The summed E-state index contributed by atoms with van der Waals surface area (Å²) in [4.78, 5) is 12.3. The lowest BCUT2D eigenvalue weighted by molar-refractivity contribution is 0.0920. The molecule has 0 unspecified atom stereocenters. The monoisotopic (exact) mass is 323 g/mol. The quantitative estimate of drug-likeness (QED) is 0.874. The summed E-state index contributed by atoms with van der Waals surface area (Å²) in [6, 6.07) is 6.17. The Labute approximate surface area is 124 Å². The minimum atomic E-state index is 0.0514. The Kier molecular flexibility index (Phi) is 5.03. The van der Waals surface area contributed by atoms with Gasteiger partial charge >= 0.3 is 0 Å². The van der Waals surface area contributed by atoms with E-state index in [1.165, 1.54) is 19.3 Å². The van der Waals surface area contributed by atoms with E-state index in [4.69, 9.17) is 0 Å². The third-order valence-corrected chi connectivity index (χ3v) is 5.25. The van der Waals surface area contributed by atoms with Gasteiger partial charge in [-0.3, -0.25) is 4.79 Å². The molecule has 2 rings (SSSR count).